The molecule has 0 spiro atoms. The van der Waals surface area contributed by atoms with E-state index in [1.165, 1.54) is 11.1 Å². The number of aryl methyl sites for hydroxylation is 2. The fraction of sp³-hybridized carbons (Fsp3) is 0.583. The lowest BCUT2D eigenvalue weighted by Crippen LogP contribution is -2.48. The Balaban J connectivity index is 1.66. The Bertz CT molecular complexity index is 790. The summed E-state index contributed by atoms with van der Waals surface area (Å²) < 4.78 is 1.90. The van der Waals surface area contributed by atoms with Crippen molar-refractivity contribution in [2.75, 3.05) is 20.1 Å². The van der Waals surface area contributed by atoms with Crippen LogP contribution in [0, 0.1) is 18.8 Å². The van der Waals surface area contributed by atoms with Gasteiger partial charge in [-0.1, -0.05) is 44.2 Å². The largest absolute Gasteiger partial charge is 0.342 e. The highest BCUT2D eigenvalue weighted by Gasteiger charge is 2.32. The molecule has 5 nitrogen and oxygen atoms in total. The number of benzene rings is 1. The van der Waals surface area contributed by atoms with Crippen molar-refractivity contribution in [3.05, 3.63) is 53.3 Å². The van der Waals surface area contributed by atoms with Crippen LogP contribution in [0.1, 0.15) is 43.5 Å². The fourth-order valence-corrected chi connectivity index (χ4v) is 4.59. The van der Waals surface area contributed by atoms with Crippen LogP contribution in [-0.4, -0.2) is 51.7 Å². The number of likely N-dealkylation sites (tertiary alicyclic amines) is 1. The van der Waals surface area contributed by atoms with E-state index in [2.05, 4.69) is 53.5 Å². The highest BCUT2D eigenvalue weighted by atomic mass is 16.2. The van der Waals surface area contributed by atoms with E-state index in [-0.39, 0.29) is 17.9 Å². The molecule has 5 heteroatoms. The van der Waals surface area contributed by atoms with Gasteiger partial charge in [-0.2, -0.15) is 5.10 Å². The molecule has 3 rings (SSSR count). The average molecular weight is 397 g/mol. The van der Waals surface area contributed by atoms with Crippen molar-refractivity contribution in [1.82, 2.24) is 19.6 Å². The number of likely N-dealkylation sites (N-methyl/N-ethyl adjacent to an activating group) is 1. The molecule has 1 saturated heterocycles. The molecule has 158 valence electrons. The third-order valence-corrected chi connectivity index (χ3v) is 6.31. The van der Waals surface area contributed by atoms with E-state index in [9.17, 15) is 4.79 Å². The molecule has 1 amide bonds. The van der Waals surface area contributed by atoms with Crippen LogP contribution < -0.4 is 0 Å². The normalized spacial score (nSPS) is 16.9. The second-order valence-corrected chi connectivity index (χ2v) is 8.89. The first-order valence-corrected chi connectivity index (χ1v) is 10.9. The minimum atomic E-state index is 0.0342. The number of carbonyl (C=O) groups is 1. The standard InChI is InChI=1S/C24H36N4O/c1-18(2)24(29)27(5)23(15-20-9-7-6-8-10-20)21-11-13-28(14-12-21)17-22-16-26(4)25-19(22)3/h6-10,16,18,21,23H,11-15,17H2,1-5H3. The zero-order valence-electron chi connectivity index (χ0n) is 18.6. The summed E-state index contributed by atoms with van der Waals surface area (Å²) in [5, 5.41) is 4.47. The van der Waals surface area contributed by atoms with Gasteiger partial charge < -0.3 is 4.90 Å². The maximum Gasteiger partial charge on any atom is 0.225 e. The summed E-state index contributed by atoms with van der Waals surface area (Å²) >= 11 is 0. The second-order valence-electron chi connectivity index (χ2n) is 8.89. The third-order valence-electron chi connectivity index (χ3n) is 6.31. The first-order valence-electron chi connectivity index (χ1n) is 10.9. The minimum absolute atomic E-state index is 0.0342. The predicted octanol–water partition coefficient (Wildman–Crippen LogP) is 3.67. The van der Waals surface area contributed by atoms with E-state index in [0.717, 1.165) is 44.6 Å². The summed E-state index contributed by atoms with van der Waals surface area (Å²) in [6, 6.07) is 10.9. The van der Waals surface area contributed by atoms with Crippen LogP contribution in [0.15, 0.2) is 36.5 Å². The second kappa shape index (κ2) is 9.57. The van der Waals surface area contributed by atoms with Gasteiger partial charge in [0.1, 0.15) is 0 Å². The molecule has 1 aliphatic rings. The van der Waals surface area contributed by atoms with Gasteiger partial charge in [0.05, 0.1) is 5.69 Å². The monoisotopic (exact) mass is 396 g/mol. The molecule has 2 heterocycles. The molecule has 29 heavy (non-hydrogen) atoms. The zero-order valence-corrected chi connectivity index (χ0v) is 18.6. The first kappa shape index (κ1) is 21.6. The van der Waals surface area contributed by atoms with Crippen LogP contribution >= 0.6 is 0 Å². The van der Waals surface area contributed by atoms with Crippen molar-refractivity contribution in [2.24, 2.45) is 18.9 Å². The smallest absolute Gasteiger partial charge is 0.225 e. The van der Waals surface area contributed by atoms with E-state index in [4.69, 9.17) is 0 Å². The summed E-state index contributed by atoms with van der Waals surface area (Å²) in [6.07, 6.45) is 5.33. The quantitative estimate of drug-likeness (QED) is 0.717. The van der Waals surface area contributed by atoms with Gasteiger partial charge in [-0.3, -0.25) is 14.4 Å². The van der Waals surface area contributed by atoms with Crippen LogP contribution in [0.4, 0.5) is 0 Å². The number of hydrogen-bond donors (Lipinski definition) is 0. The van der Waals surface area contributed by atoms with Gasteiger partial charge in [-0.25, -0.2) is 0 Å². The number of carbonyl (C=O) groups excluding carboxylic acids is 1. The summed E-state index contributed by atoms with van der Waals surface area (Å²) in [4.78, 5) is 17.3. The highest BCUT2D eigenvalue weighted by molar-refractivity contribution is 5.78. The maximum absolute atomic E-state index is 12.8. The minimum Gasteiger partial charge on any atom is -0.342 e. The molecule has 2 aromatic rings. The van der Waals surface area contributed by atoms with E-state index in [1.54, 1.807) is 0 Å². The van der Waals surface area contributed by atoms with Gasteiger partial charge in [-0.15, -0.1) is 0 Å². The van der Waals surface area contributed by atoms with Crippen molar-refractivity contribution >= 4 is 5.91 Å². The van der Waals surface area contributed by atoms with Crippen molar-refractivity contribution < 1.29 is 4.79 Å². The number of hydrogen-bond acceptors (Lipinski definition) is 3. The van der Waals surface area contributed by atoms with Crippen molar-refractivity contribution in [1.29, 1.82) is 0 Å². The number of nitrogens with zero attached hydrogens (tertiary/aromatic N) is 4. The molecular formula is C24H36N4O. The SMILES string of the molecule is Cc1nn(C)cc1CN1CCC(C(Cc2ccccc2)N(C)C(=O)C(C)C)CC1. The molecule has 1 aliphatic heterocycles. The van der Waals surface area contributed by atoms with Gasteiger partial charge in [-0.05, 0) is 50.8 Å². The lowest BCUT2D eigenvalue weighted by Gasteiger charge is -2.40. The Kier molecular flexibility index (Phi) is 7.12. The van der Waals surface area contributed by atoms with Crippen LogP contribution in [0.25, 0.3) is 0 Å². The Morgan fingerprint density at radius 1 is 1.21 bits per heavy atom. The molecule has 0 aliphatic carbocycles. The summed E-state index contributed by atoms with van der Waals surface area (Å²) in [5.74, 6) is 0.820. The molecule has 0 radical (unpaired) electrons. The van der Waals surface area contributed by atoms with Crippen LogP contribution in [-0.2, 0) is 24.8 Å². The lowest BCUT2D eigenvalue weighted by atomic mass is 9.84. The number of rotatable bonds is 7. The Morgan fingerprint density at radius 2 is 1.86 bits per heavy atom. The van der Waals surface area contributed by atoms with E-state index < -0.39 is 0 Å². The van der Waals surface area contributed by atoms with Gasteiger partial charge in [0, 0.05) is 44.4 Å². The van der Waals surface area contributed by atoms with Crippen molar-refractivity contribution in [2.45, 2.75) is 52.6 Å². The first-order chi connectivity index (χ1) is 13.8. The topological polar surface area (TPSA) is 41.4 Å². The molecule has 0 saturated carbocycles. The fourth-order valence-electron chi connectivity index (χ4n) is 4.59. The van der Waals surface area contributed by atoms with Gasteiger partial charge in [0.2, 0.25) is 5.91 Å². The molecule has 1 fully saturated rings. The van der Waals surface area contributed by atoms with Crippen LogP contribution in [0.2, 0.25) is 0 Å². The molecule has 0 N–H and O–H groups in total. The third kappa shape index (κ3) is 5.47. The number of aromatic nitrogens is 2. The summed E-state index contributed by atoms with van der Waals surface area (Å²) in [6.45, 7) is 9.21. The lowest BCUT2D eigenvalue weighted by molar-refractivity contribution is -0.136. The molecule has 0 bridgehead atoms. The predicted molar refractivity (Wildman–Crippen MR) is 117 cm³/mol. The molecule has 1 atom stereocenters. The van der Waals surface area contributed by atoms with Gasteiger partial charge >= 0.3 is 0 Å². The summed E-state index contributed by atoms with van der Waals surface area (Å²) in [5.41, 5.74) is 3.76. The zero-order chi connectivity index (χ0) is 21.0. The maximum atomic E-state index is 12.8. The molecular weight excluding hydrogens is 360 g/mol. The molecule has 1 unspecified atom stereocenters. The Labute approximate surface area is 175 Å². The van der Waals surface area contributed by atoms with E-state index in [0.29, 0.717) is 5.92 Å². The van der Waals surface area contributed by atoms with Gasteiger partial charge in [0.15, 0.2) is 0 Å². The number of amides is 1. The van der Waals surface area contributed by atoms with Crippen molar-refractivity contribution in [3.63, 3.8) is 0 Å². The Morgan fingerprint density at radius 3 is 2.41 bits per heavy atom. The van der Waals surface area contributed by atoms with E-state index in [1.807, 2.05) is 37.5 Å². The number of piperidine rings is 1. The molecule has 1 aromatic carbocycles. The van der Waals surface area contributed by atoms with Gasteiger partial charge in [0.25, 0.3) is 0 Å². The van der Waals surface area contributed by atoms with Crippen molar-refractivity contribution in [3.8, 4) is 0 Å². The average Bonchev–Trinajstić information content (AvgIpc) is 3.03. The van der Waals surface area contributed by atoms with Crippen LogP contribution in [0.5, 0.6) is 0 Å². The Hall–Kier alpha value is -2.14. The summed E-state index contributed by atoms with van der Waals surface area (Å²) in [7, 11) is 3.99. The van der Waals surface area contributed by atoms with E-state index >= 15 is 0 Å². The molecule has 1 aromatic heterocycles. The van der Waals surface area contributed by atoms with Crippen LogP contribution in [0.3, 0.4) is 0 Å². The highest BCUT2D eigenvalue weighted by Crippen LogP contribution is 2.28.